The molecule has 2 aliphatic rings. The molecule has 12 heavy (non-hydrogen) atoms. The summed E-state index contributed by atoms with van der Waals surface area (Å²) in [5, 5.41) is 0. The number of ether oxygens (including phenoxy) is 1. The average molecular weight is 169 g/mol. The Morgan fingerprint density at radius 3 is 2.75 bits per heavy atom. The molecule has 0 aromatic carbocycles. The van der Waals surface area contributed by atoms with Crippen LogP contribution in [0.25, 0.3) is 0 Å². The van der Waals surface area contributed by atoms with E-state index < -0.39 is 0 Å². The molecule has 2 saturated heterocycles. The molecule has 2 fully saturated rings. The Kier molecular flexibility index (Phi) is 2.66. The van der Waals surface area contributed by atoms with Gasteiger partial charge in [0.05, 0.1) is 6.61 Å². The summed E-state index contributed by atoms with van der Waals surface area (Å²) in [6, 6.07) is 0.821. The first-order chi connectivity index (χ1) is 5.92. The van der Waals surface area contributed by atoms with Crippen LogP contribution < -0.4 is 0 Å². The second kappa shape index (κ2) is 3.75. The lowest BCUT2D eigenvalue weighted by atomic mass is 9.93. The van der Waals surface area contributed by atoms with Gasteiger partial charge in [0.25, 0.3) is 0 Å². The van der Waals surface area contributed by atoms with E-state index in [4.69, 9.17) is 4.74 Å². The summed E-state index contributed by atoms with van der Waals surface area (Å²) in [6.45, 7) is 6.97. The van der Waals surface area contributed by atoms with Gasteiger partial charge in [-0.1, -0.05) is 6.92 Å². The first-order valence-corrected chi connectivity index (χ1v) is 5.23. The SMILES string of the molecule is CCC(C1CCOC1)N1CCC1. The zero-order valence-electron chi connectivity index (χ0n) is 7.96. The van der Waals surface area contributed by atoms with Gasteiger partial charge in [0, 0.05) is 12.6 Å². The Bertz CT molecular complexity index is 139. The molecule has 0 amide bonds. The molecular formula is C10H19NO. The van der Waals surface area contributed by atoms with Gasteiger partial charge in [0.2, 0.25) is 0 Å². The minimum absolute atomic E-state index is 0.821. The fourth-order valence-electron chi connectivity index (χ4n) is 2.42. The molecule has 2 nitrogen and oxygen atoms in total. The van der Waals surface area contributed by atoms with E-state index in [-0.39, 0.29) is 0 Å². The van der Waals surface area contributed by atoms with Crippen molar-refractivity contribution in [1.82, 2.24) is 4.90 Å². The fourth-order valence-corrected chi connectivity index (χ4v) is 2.42. The van der Waals surface area contributed by atoms with Crippen molar-refractivity contribution in [2.75, 3.05) is 26.3 Å². The Hall–Kier alpha value is -0.0800. The van der Waals surface area contributed by atoms with Crippen LogP contribution >= 0.6 is 0 Å². The molecule has 0 aromatic heterocycles. The molecule has 0 radical (unpaired) electrons. The summed E-state index contributed by atoms with van der Waals surface area (Å²) in [6.07, 6.45) is 3.99. The number of hydrogen-bond donors (Lipinski definition) is 0. The van der Waals surface area contributed by atoms with E-state index in [2.05, 4.69) is 11.8 Å². The van der Waals surface area contributed by atoms with Crippen LogP contribution in [-0.4, -0.2) is 37.2 Å². The summed E-state index contributed by atoms with van der Waals surface area (Å²) in [5.74, 6) is 0.829. The van der Waals surface area contributed by atoms with E-state index in [0.29, 0.717) is 0 Å². The highest BCUT2D eigenvalue weighted by Crippen LogP contribution is 2.26. The lowest BCUT2D eigenvalue weighted by Gasteiger charge is -2.40. The fraction of sp³-hybridized carbons (Fsp3) is 1.00. The minimum atomic E-state index is 0.821. The molecule has 0 N–H and O–H groups in total. The van der Waals surface area contributed by atoms with Crippen LogP contribution in [0.2, 0.25) is 0 Å². The minimum Gasteiger partial charge on any atom is -0.381 e. The molecule has 70 valence electrons. The van der Waals surface area contributed by atoms with Gasteiger partial charge in [-0.15, -0.1) is 0 Å². The highest BCUT2D eigenvalue weighted by Gasteiger charge is 2.31. The predicted octanol–water partition coefficient (Wildman–Crippen LogP) is 1.51. The first-order valence-electron chi connectivity index (χ1n) is 5.23. The summed E-state index contributed by atoms with van der Waals surface area (Å²) >= 11 is 0. The molecule has 2 heterocycles. The summed E-state index contributed by atoms with van der Waals surface area (Å²) in [4.78, 5) is 2.62. The molecule has 0 aromatic rings. The van der Waals surface area contributed by atoms with E-state index in [1.165, 1.54) is 32.4 Å². The van der Waals surface area contributed by atoms with Crippen LogP contribution in [0.1, 0.15) is 26.2 Å². The smallest absolute Gasteiger partial charge is 0.0510 e. The third-order valence-corrected chi connectivity index (χ3v) is 3.29. The summed E-state index contributed by atoms with van der Waals surface area (Å²) in [5.41, 5.74) is 0. The van der Waals surface area contributed by atoms with Crippen LogP contribution in [0.5, 0.6) is 0 Å². The van der Waals surface area contributed by atoms with Crippen molar-refractivity contribution in [3.05, 3.63) is 0 Å². The van der Waals surface area contributed by atoms with Gasteiger partial charge in [0.15, 0.2) is 0 Å². The Labute approximate surface area is 74.9 Å². The maximum absolute atomic E-state index is 5.43. The van der Waals surface area contributed by atoms with Crippen LogP contribution in [0.15, 0.2) is 0 Å². The maximum atomic E-state index is 5.43. The summed E-state index contributed by atoms with van der Waals surface area (Å²) < 4.78 is 5.43. The van der Waals surface area contributed by atoms with Gasteiger partial charge in [-0.25, -0.2) is 0 Å². The van der Waals surface area contributed by atoms with Crippen LogP contribution in [0.4, 0.5) is 0 Å². The lowest BCUT2D eigenvalue weighted by molar-refractivity contribution is 0.0665. The predicted molar refractivity (Wildman–Crippen MR) is 49.2 cm³/mol. The van der Waals surface area contributed by atoms with Crippen LogP contribution in [0, 0.1) is 5.92 Å². The van der Waals surface area contributed by atoms with Gasteiger partial charge in [0.1, 0.15) is 0 Å². The van der Waals surface area contributed by atoms with Crippen molar-refractivity contribution in [2.24, 2.45) is 5.92 Å². The van der Waals surface area contributed by atoms with Crippen molar-refractivity contribution in [3.8, 4) is 0 Å². The van der Waals surface area contributed by atoms with E-state index >= 15 is 0 Å². The molecule has 2 atom stereocenters. The first kappa shape index (κ1) is 8.52. The Morgan fingerprint density at radius 2 is 2.33 bits per heavy atom. The monoisotopic (exact) mass is 169 g/mol. The third-order valence-electron chi connectivity index (χ3n) is 3.29. The van der Waals surface area contributed by atoms with Crippen molar-refractivity contribution < 1.29 is 4.74 Å². The molecule has 2 unspecified atom stereocenters. The van der Waals surface area contributed by atoms with Crippen molar-refractivity contribution in [2.45, 2.75) is 32.2 Å². The van der Waals surface area contributed by atoms with Crippen molar-refractivity contribution in [3.63, 3.8) is 0 Å². The standard InChI is InChI=1S/C10H19NO/c1-2-10(11-5-3-6-11)9-4-7-12-8-9/h9-10H,2-8H2,1H3. The van der Waals surface area contributed by atoms with E-state index in [1.54, 1.807) is 0 Å². The zero-order valence-corrected chi connectivity index (χ0v) is 7.96. The zero-order chi connectivity index (χ0) is 8.39. The van der Waals surface area contributed by atoms with Gasteiger partial charge in [-0.05, 0) is 38.3 Å². The normalized spacial score (nSPS) is 33.2. The molecule has 2 rings (SSSR count). The highest BCUT2D eigenvalue weighted by atomic mass is 16.5. The van der Waals surface area contributed by atoms with Gasteiger partial charge < -0.3 is 4.74 Å². The number of likely N-dealkylation sites (tertiary alicyclic amines) is 1. The quantitative estimate of drug-likeness (QED) is 0.635. The molecule has 2 heteroatoms. The lowest BCUT2D eigenvalue weighted by Crippen LogP contribution is -2.48. The molecule has 0 bridgehead atoms. The van der Waals surface area contributed by atoms with E-state index in [1.807, 2.05) is 0 Å². The maximum Gasteiger partial charge on any atom is 0.0510 e. The molecule has 0 saturated carbocycles. The van der Waals surface area contributed by atoms with Crippen molar-refractivity contribution in [1.29, 1.82) is 0 Å². The molecular weight excluding hydrogens is 150 g/mol. The average Bonchev–Trinajstić information content (AvgIpc) is 2.47. The topological polar surface area (TPSA) is 12.5 Å². The van der Waals surface area contributed by atoms with Crippen molar-refractivity contribution >= 4 is 0 Å². The summed E-state index contributed by atoms with van der Waals surface area (Å²) in [7, 11) is 0. The molecule has 0 spiro atoms. The molecule has 0 aliphatic carbocycles. The second-order valence-corrected chi connectivity index (χ2v) is 3.99. The largest absolute Gasteiger partial charge is 0.381 e. The number of hydrogen-bond acceptors (Lipinski definition) is 2. The molecule has 2 aliphatic heterocycles. The van der Waals surface area contributed by atoms with Crippen LogP contribution in [0.3, 0.4) is 0 Å². The van der Waals surface area contributed by atoms with E-state index in [9.17, 15) is 0 Å². The van der Waals surface area contributed by atoms with Gasteiger partial charge >= 0.3 is 0 Å². The number of nitrogens with zero attached hydrogens (tertiary/aromatic N) is 1. The second-order valence-electron chi connectivity index (χ2n) is 3.99. The van der Waals surface area contributed by atoms with Gasteiger partial charge in [-0.3, -0.25) is 4.90 Å². The third kappa shape index (κ3) is 1.50. The highest BCUT2D eigenvalue weighted by molar-refractivity contribution is 4.84. The van der Waals surface area contributed by atoms with Crippen LogP contribution in [-0.2, 0) is 4.74 Å². The Balaban J connectivity index is 1.87. The van der Waals surface area contributed by atoms with E-state index in [0.717, 1.165) is 25.2 Å². The Morgan fingerprint density at radius 1 is 1.50 bits per heavy atom. The van der Waals surface area contributed by atoms with Gasteiger partial charge in [-0.2, -0.15) is 0 Å². The number of rotatable bonds is 3.